The first-order valence-corrected chi connectivity index (χ1v) is 6.51. The van der Waals surface area contributed by atoms with Crippen molar-refractivity contribution in [3.05, 3.63) is 29.6 Å². The summed E-state index contributed by atoms with van der Waals surface area (Å²) in [6.07, 6.45) is 4.12. The molecule has 2 N–H and O–H groups in total. The number of aromatic nitrogens is 1. The fourth-order valence-corrected chi connectivity index (χ4v) is 1.63. The van der Waals surface area contributed by atoms with Crippen LogP contribution in [0.5, 0.6) is 0 Å². The largest absolute Gasteiger partial charge is 0.321 e. The van der Waals surface area contributed by atoms with Crippen LogP contribution in [0.2, 0.25) is 0 Å². The van der Waals surface area contributed by atoms with Crippen LogP contribution >= 0.6 is 0 Å². The highest BCUT2D eigenvalue weighted by atomic mass is 16.1. The van der Waals surface area contributed by atoms with Gasteiger partial charge in [0.25, 0.3) is 0 Å². The monoisotopic (exact) mass is 252 g/mol. The second-order valence-corrected chi connectivity index (χ2v) is 5.30. The standard InChI is InChI=1S/C13H20N2O.C2H6.H2/c1-9-5-10(8-15-7-9)6-11(14)12(16)13(2,3)4;1-2;/h5,7-8,11H,6,14H2,1-4H3;1-2H3;1H. The summed E-state index contributed by atoms with van der Waals surface area (Å²) in [7, 11) is 0. The third-order valence-electron chi connectivity index (χ3n) is 2.46. The van der Waals surface area contributed by atoms with Crippen LogP contribution in [-0.2, 0) is 11.2 Å². The fraction of sp³-hybridized carbons (Fsp3) is 0.600. The molecular weight excluding hydrogens is 224 g/mol. The molecule has 0 saturated heterocycles. The third kappa shape index (κ3) is 5.41. The number of hydrogen-bond acceptors (Lipinski definition) is 3. The summed E-state index contributed by atoms with van der Waals surface area (Å²) in [5.41, 5.74) is 7.64. The Morgan fingerprint density at radius 1 is 1.39 bits per heavy atom. The molecule has 1 unspecified atom stereocenters. The molecule has 0 spiro atoms. The van der Waals surface area contributed by atoms with Crippen molar-refractivity contribution in [2.24, 2.45) is 11.1 Å². The molecule has 1 heterocycles. The maximum atomic E-state index is 11.9. The molecule has 18 heavy (non-hydrogen) atoms. The summed E-state index contributed by atoms with van der Waals surface area (Å²) in [6, 6.07) is 1.58. The van der Waals surface area contributed by atoms with Gasteiger partial charge in [0.2, 0.25) is 0 Å². The van der Waals surface area contributed by atoms with Gasteiger partial charge < -0.3 is 5.73 Å². The Morgan fingerprint density at radius 2 is 1.94 bits per heavy atom. The minimum absolute atomic E-state index is 0. The Kier molecular flexibility index (Phi) is 6.77. The predicted octanol–water partition coefficient (Wildman–Crippen LogP) is 3.15. The molecular formula is C15H28N2O. The van der Waals surface area contributed by atoms with E-state index in [0.29, 0.717) is 6.42 Å². The maximum Gasteiger partial charge on any atom is 0.155 e. The summed E-state index contributed by atoms with van der Waals surface area (Å²) in [6.45, 7) is 11.7. The Bertz CT molecular complexity index is 386. The second kappa shape index (κ2) is 7.27. The molecule has 0 aliphatic rings. The van der Waals surface area contributed by atoms with Gasteiger partial charge in [-0.25, -0.2) is 0 Å². The molecule has 0 amide bonds. The number of pyridine rings is 1. The van der Waals surface area contributed by atoms with E-state index < -0.39 is 6.04 Å². The Hall–Kier alpha value is -1.22. The zero-order valence-electron chi connectivity index (χ0n) is 12.4. The van der Waals surface area contributed by atoms with E-state index in [0.717, 1.165) is 11.1 Å². The van der Waals surface area contributed by atoms with Gasteiger partial charge in [-0.15, -0.1) is 0 Å². The number of aryl methyl sites for hydroxylation is 1. The van der Waals surface area contributed by atoms with Gasteiger partial charge in [0.1, 0.15) is 0 Å². The van der Waals surface area contributed by atoms with Crippen LogP contribution in [0.3, 0.4) is 0 Å². The molecule has 3 heteroatoms. The lowest BCUT2D eigenvalue weighted by molar-refractivity contribution is -0.127. The summed E-state index contributed by atoms with van der Waals surface area (Å²) in [5.74, 6) is 0.0917. The molecule has 1 aromatic rings. The lowest BCUT2D eigenvalue weighted by Gasteiger charge is -2.21. The highest BCUT2D eigenvalue weighted by molar-refractivity contribution is 5.88. The topological polar surface area (TPSA) is 56.0 Å². The van der Waals surface area contributed by atoms with Gasteiger partial charge in [-0.1, -0.05) is 40.7 Å². The number of carbonyl (C=O) groups excluding carboxylic acids is 1. The number of carbonyl (C=O) groups is 1. The molecule has 0 aromatic carbocycles. The second-order valence-electron chi connectivity index (χ2n) is 5.30. The minimum atomic E-state index is -0.441. The van der Waals surface area contributed by atoms with Crippen LogP contribution in [-0.4, -0.2) is 16.8 Å². The lowest BCUT2D eigenvalue weighted by atomic mass is 9.85. The van der Waals surface area contributed by atoms with E-state index in [2.05, 4.69) is 4.98 Å². The van der Waals surface area contributed by atoms with Gasteiger partial charge in [-0.2, -0.15) is 0 Å². The number of nitrogens with two attached hydrogens (primary N) is 1. The summed E-state index contributed by atoms with van der Waals surface area (Å²) in [5, 5.41) is 0. The van der Waals surface area contributed by atoms with Crippen molar-refractivity contribution >= 4 is 5.78 Å². The highest BCUT2D eigenvalue weighted by Gasteiger charge is 2.27. The summed E-state index contributed by atoms with van der Waals surface area (Å²) < 4.78 is 0. The SMILES string of the molecule is CC.Cc1cncc(CC(N)C(=O)C(C)(C)C)c1.[HH]. The number of hydrogen-bond donors (Lipinski definition) is 1. The highest BCUT2D eigenvalue weighted by Crippen LogP contribution is 2.17. The van der Waals surface area contributed by atoms with Crippen molar-refractivity contribution in [3.8, 4) is 0 Å². The van der Waals surface area contributed by atoms with Gasteiger partial charge in [0, 0.05) is 19.2 Å². The molecule has 104 valence electrons. The lowest BCUT2D eigenvalue weighted by Crippen LogP contribution is -2.40. The van der Waals surface area contributed by atoms with Crippen LogP contribution < -0.4 is 5.73 Å². The predicted molar refractivity (Wildman–Crippen MR) is 78.6 cm³/mol. The molecule has 0 radical (unpaired) electrons. The normalized spacial score (nSPS) is 12.4. The summed E-state index contributed by atoms with van der Waals surface area (Å²) in [4.78, 5) is 16.0. The summed E-state index contributed by atoms with van der Waals surface area (Å²) >= 11 is 0. The maximum absolute atomic E-state index is 11.9. The zero-order chi connectivity index (χ0) is 14.3. The average molecular weight is 252 g/mol. The molecule has 1 atom stereocenters. The molecule has 0 aliphatic heterocycles. The number of nitrogens with zero attached hydrogens (tertiary/aromatic N) is 1. The van der Waals surface area contributed by atoms with E-state index in [1.807, 2.05) is 47.6 Å². The van der Waals surface area contributed by atoms with Crippen molar-refractivity contribution in [3.63, 3.8) is 0 Å². The van der Waals surface area contributed by atoms with Gasteiger partial charge in [0.15, 0.2) is 5.78 Å². The first-order chi connectivity index (χ1) is 8.30. The molecule has 0 aliphatic carbocycles. The van der Waals surface area contributed by atoms with Crippen LogP contribution in [0.15, 0.2) is 18.5 Å². The first-order valence-electron chi connectivity index (χ1n) is 6.51. The van der Waals surface area contributed by atoms with E-state index in [1.54, 1.807) is 12.4 Å². The number of Topliss-reactive ketones (excluding diaryl/α,β-unsaturated/α-hetero) is 1. The molecule has 0 bridgehead atoms. The average Bonchev–Trinajstić information content (AvgIpc) is 2.29. The van der Waals surface area contributed by atoms with Crippen LogP contribution in [0.4, 0.5) is 0 Å². The zero-order valence-corrected chi connectivity index (χ0v) is 12.4. The Labute approximate surface area is 112 Å². The molecule has 1 rings (SSSR count). The molecule has 0 saturated carbocycles. The Morgan fingerprint density at radius 3 is 2.39 bits per heavy atom. The smallest absolute Gasteiger partial charge is 0.155 e. The number of rotatable bonds is 3. The fourth-order valence-electron chi connectivity index (χ4n) is 1.63. The minimum Gasteiger partial charge on any atom is -0.321 e. The van der Waals surface area contributed by atoms with Crippen molar-refractivity contribution in [2.45, 2.75) is 54.0 Å². The van der Waals surface area contributed by atoms with Crippen LogP contribution in [0.25, 0.3) is 0 Å². The van der Waals surface area contributed by atoms with Crippen molar-refractivity contribution in [1.82, 2.24) is 4.98 Å². The van der Waals surface area contributed by atoms with Crippen molar-refractivity contribution in [1.29, 1.82) is 0 Å². The van der Waals surface area contributed by atoms with Crippen molar-refractivity contribution in [2.75, 3.05) is 0 Å². The molecule has 3 nitrogen and oxygen atoms in total. The van der Waals surface area contributed by atoms with E-state index in [9.17, 15) is 4.79 Å². The van der Waals surface area contributed by atoms with Gasteiger partial charge in [-0.05, 0) is 24.5 Å². The van der Waals surface area contributed by atoms with Gasteiger partial charge in [0.05, 0.1) is 6.04 Å². The van der Waals surface area contributed by atoms with Gasteiger partial charge in [-0.3, -0.25) is 9.78 Å². The van der Waals surface area contributed by atoms with E-state index in [-0.39, 0.29) is 12.6 Å². The van der Waals surface area contributed by atoms with E-state index >= 15 is 0 Å². The molecule has 0 fully saturated rings. The molecule has 1 aromatic heterocycles. The third-order valence-corrected chi connectivity index (χ3v) is 2.46. The number of ketones is 1. The first kappa shape index (κ1) is 16.8. The van der Waals surface area contributed by atoms with Gasteiger partial charge >= 0.3 is 0 Å². The van der Waals surface area contributed by atoms with Crippen molar-refractivity contribution < 1.29 is 6.22 Å². The van der Waals surface area contributed by atoms with Crippen LogP contribution in [0, 0.1) is 12.3 Å². The van der Waals surface area contributed by atoms with E-state index in [4.69, 9.17) is 5.73 Å². The van der Waals surface area contributed by atoms with Crippen LogP contribution in [0.1, 0.15) is 47.2 Å². The van der Waals surface area contributed by atoms with E-state index in [1.165, 1.54) is 0 Å². The quantitative estimate of drug-likeness (QED) is 0.899. The Balaban J connectivity index is 0.